The van der Waals surface area contributed by atoms with Crippen molar-refractivity contribution in [3.05, 3.63) is 0 Å². The highest BCUT2D eigenvalue weighted by Gasteiger charge is 2.25. The van der Waals surface area contributed by atoms with Gasteiger partial charge in [0.2, 0.25) is 5.91 Å². The van der Waals surface area contributed by atoms with Crippen LogP contribution >= 0.6 is 24.8 Å². The van der Waals surface area contributed by atoms with Gasteiger partial charge in [-0.3, -0.25) is 4.79 Å². The summed E-state index contributed by atoms with van der Waals surface area (Å²) in [6.45, 7) is 7.19. The third-order valence-electron chi connectivity index (χ3n) is 4.53. The molecule has 2 rings (SSSR count). The predicted octanol–water partition coefficient (Wildman–Crippen LogP) is 1.90. The Hall–Kier alpha value is -0.0300. The zero-order valence-electron chi connectivity index (χ0n) is 12.4. The smallest absolute Gasteiger partial charge is 0.222 e. The fraction of sp³-hybridized carbons (Fsp3) is 0.929. The predicted molar refractivity (Wildman–Crippen MR) is 87.7 cm³/mol. The number of piperazine rings is 1. The van der Waals surface area contributed by atoms with E-state index in [0.29, 0.717) is 17.9 Å². The Morgan fingerprint density at radius 1 is 1.05 bits per heavy atom. The van der Waals surface area contributed by atoms with Gasteiger partial charge in [-0.15, -0.1) is 24.8 Å². The van der Waals surface area contributed by atoms with Crippen molar-refractivity contribution in [3.63, 3.8) is 0 Å². The standard InChI is InChI=1S/C14H27N3O.2ClH/c1-2-16-7-9-17(10-8-16)14(18)11-12-3-5-13(15)6-4-12;;/h12-13H,2-11,15H2,1H3;2*1H. The maximum absolute atomic E-state index is 12.2. The fourth-order valence-corrected chi connectivity index (χ4v) is 3.08. The Balaban J connectivity index is 0.00000180. The van der Waals surface area contributed by atoms with Crippen LogP contribution in [0.15, 0.2) is 0 Å². The van der Waals surface area contributed by atoms with Crippen LogP contribution in [-0.2, 0) is 4.79 Å². The van der Waals surface area contributed by atoms with Crippen LogP contribution in [0.2, 0.25) is 0 Å². The molecular weight excluding hydrogens is 297 g/mol. The van der Waals surface area contributed by atoms with E-state index in [9.17, 15) is 4.79 Å². The van der Waals surface area contributed by atoms with E-state index in [1.807, 2.05) is 0 Å². The summed E-state index contributed by atoms with van der Waals surface area (Å²) < 4.78 is 0. The van der Waals surface area contributed by atoms with Crippen molar-refractivity contribution in [2.45, 2.75) is 45.1 Å². The molecule has 2 fully saturated rings. The number of carbonyl (C=O) groups is 1. The van der Waals surface area contributed by atoms with Crippen LogP contribution < -0.4 is 5.73 Å². The Bertz CT molecular complexity index is 276. The van der Waals surface area contributed by atoms with Gasteiger partial charge in [0, 0.05) is 38.6 Å². The van der Waals surface area contributed by atoms with Gasteiger partial charge < -0.3 is 15.5 Å². The summed E-state index contributed by atoms with van der Waals surface area (Å²) in [7, 11) is 0. The zero-order valence-corrected chi connectivity index (χ0v) is 14.1. The molecule has 0 unspecified atom stereocenters. The number of nitrogens with two attached hydrogens (primary N) is 1. The second-order valence-corrected chi connectivity index (χ2v) is 5.80. The minimum absolute atomic E-state index is 0. The van der Waals surface area contributed by atoms with Gasteiger partial charge >= 0.3 is 0 Å². The van der Waals surface area contributed by atoms with Gasteiger partial charge in [-0.2, -0.15) is 0 Å². The van der Waals surface area contributed by atoms with E-state index in [2.05, 4.69) is 16.7 Å². The Morgan fingerprint density at radius 2 is 1.60 bits per heavy atom. The number of hydrogen-bond acceptors (Lipinski definition) is 3. The number of likely N-dealkylation sites (N-methyl/N-ethyl adjacent to an activating group) is 1. The van der Waals surface area contributed by atoms with E-state index in [1.54, 1.807) is 0 Å². The molecule has 1 amide bonds. The summed E-state index contributed by atoms with van der Waals surface area (Å²) in [4.78, 5) is 16.7. The number of halogens is 2. The van der Waals surface area contributed by atoms with Crippen molar-refractivity contribution in [1.82, 2.24) is 9.80 Å². The molecule has 0 radical (unpaired) electrons. The van der Waals surface area contributed by atoms with E-state index < -0.39 is 0 Å². The van der Waals surface area contributed by atoms with Crippen molar-refractivity contribution in [2.24, 2.45) is 11.7 Å². The first-order valence-electron chi connectivity index (χ1n) is 7.44. The molecule has 1 aliphatic heterocycles. The fourth-order valence-electron chi connectivity index (χ4n) is 3.08. The lowest BCUT2D eigenvalue weighted by molar-refractivity contribution is -0.134. The number of amides is 1. The third kappa shape index (κ3) is 5.76. The lowest BCUT2D eigenvalue weighted by Crippen LogP contribution is -2.48. The van der Waals surface area contributed by atoms with E-state index in [4.69, 9.17) is 5.73 Å². The molecular formula is C14H29Cl2N3O. The summed E-state index contributed by atoms with van der Waals surface area (Å²) in [6.07, 6.45) is 5.23. The maximum atomic E-state index is 12.2. The highest BCUT2D eigenvalue weighted by Crippen LogP contribution is 2.26. The largest absolute Gasteiger partial charge is 0.340 e. The highest BCUT2D eigenvalue weighted by atomic mass is 35.5. The van der Waals surface area contributed by atoms with Crippen molar-refractivity contribution in [2.75, 3.05) is 32.7 Å². The maximum Gasteiger partial charge on any atom is 0.222 e. The molecule has 20 heavy (non-hydrogen) atoms. The zero-order chi connectivity index (χ0) is 13.0. The third-order valence-corrected chi connectivity index (χ3v) is 4.53. The monoisotopic (exact) mass is 325 g/mol. The van der Waals surface area contributed by atoms with Crippen molar-refractivity contribution >= 4 is 30.7 Å². The molecule has 0 spiro atoms. The van der Waals surface area contributed by atoms with E-state index >= 15 is 0 Å². The number of carbonyl (C=O) groups excluding carboxylic acids is 1. The van der Waals surface area contributed by atoms with Gasteiger partial charge in [-0.1, -0.05) is 6.92 Å². The van der Waals surface area contributed by atoms with Gasteiger partial charge in [0.25, 0.3) is 0 Å². The molecule has 0 aromatic heterocycles. The van der Waals surface area contributed by atoms with E-state index in [1.165, 1.54) is 0 Å². The molecule has 1 aliphatic carbocycles. The molecule has 0 aromatic carbocycles. The molecule has 6 heteroatoms. The molecule has 1 heterocycles. The van der Waals surface area contributed by atoms with E-state index in [-0.39, 0.29) is 24.8 Å². The van der Waals surface area contributed by atoms with Crippen LogP contribution in [0.4, 0.5) is 0 Å². The molecule has 120 valence electrons. The van der Waals surface area contributed by atoms with E-state index in [0.717, 1.165) is 64.8 Å². The summed E-state index contributed by atoms with van der Waals surface area (Å²) in [6, 6.07) is 0.379. The van der Waals surface area contributed by atoms with Gasteiger partial charge in [-0.05, 0) is 38.1 Å². The van der Waals surface area contributed by atoms with Crippen LogP contribution in [0.5, 0.6) is 0 Å². The minimum Gasteiger partial charge on any atom is -0.340 e. The normalized spacial score (nSPS) is 27.4. The van der Waals surface area contributed by atoms with Crippen LogP contribution in [0.25, 0.3) is 0 Å². The average Bonchev–Trinajstić information content (AvgIpc) is 2.41. The Kier molecular flexibility index (Phi) is 9.81. The van der Waals surface area contributed by atoms with Gasteiger partial charge in [0.15, 0.2) is 0 Å². The van der Waals surface area contributed by atoms with Crippen molar-refractivity contribution < 1.29 is 4.79 Å². The minimum atomic E-state index is 0. The van der Waals surface area contributed by atoms with Crippen molar-refractivity contribution in [3.8, 4) is 0 Å². The average molecular weight is 326 g/mol. The van der Waals surface area contributed by atoms with Gasteiger partial charge in [0.05, 0.1) is 0 Å². The molecule has 1 saturated carbocycles. The summed E-state index contributed by atoms with van der Waals surface area (Å²) in [5.41, 5.74) is 5.90. The van der Waals surface area contributed by atoms with Crippen LogP contribution in [0.3, 0.4) is 0 Å². The molecule has 4 nitrogen and oxygen atoms in total. The quantitative estimate of drug-likeness (QED) is 0.862. The second-order valence-electron chi connectivity index (χ2n) is 5.80. The molecule has 1 saturated heterocycles. The molecule has 0 atom stereocenters. The highest BCUT2D eigenvalue weighted by molar-refractivity contribution is 5.85. The first kappa shape index (κ1) is 20.0. The second kappa shape index (κ2) is 9.82. The number of rotatable bonds is 3. The SMILES string of the molecule is CCN1CCN(C(=O)CC2CCC(N)CC2)CC1.Cl.Cl. The lowest BCUT2D eigenvalue weighted by Gasteiger charge is -2.35. The number of hydrogen-bond donors (Lipinski definition) is 1. The van der Waals surface area contributed by atoms with Gasteiger partial charge in [0.1, 0.15) is 0 Å². The van der Waals surface area contributed by atoms with Gasteiger partial charge in [-0.25, -0.2) is 0 Å². The Morgan fingerprint density at radius 3 is 2.10 bits per heavy atom. The summed E-state index contributed by atoms with van der Waals surface area (Å²) in [5.74, 6) is 0.952. The Labute approximate surface area is 135 Å². The summed E-state index contributed by atoms with van der Waals surface area (Å²) in [5, 5.41) is 0. The summed E-state index contributed by atoms with van der Waals surface area (Å²) >= 11 is 0. The first-order valence-corrected chi connectivity index (χ1v) is 7.44. The van der Waals surface area contributed by atoms with Crippen LogP contribution in [-0.4, -0.2) is 54.5 Å². The first-order chi connectivity index (χ1) is 8.69. The number of nitrogens with zero attached hydrogens (tertiary/aromatic N) is 2. The molecule has 2 N–H and O–H groups in total. The van der Waals surface area contributed by atoms with Crippen molar-refractivity contribution in [1.29, 1.82) is 0 Å². The topological polar surface area (TPSA) is 49.6 Å². The molecule has 0 bridgehead atoms. The molecule has 2 aliphatic rings. The van der Waals surface area contributed by atoms with Crippen LogP contribution in [0.1, 0.15) is 39.0 Å². The molecule has 0 aromatic rings. The van der Waals surface area contributed by atoms with Crippen LogP contribution in [0, 0.1) is 5.92 Å². The lowest BCUT2D eigenvalue weighted by atomic mass is 9.84.